The maximum atomic E-state index is 13.0. The van der Waals surface area contributed by atoms with Crippen molar-refractivity contribution in [2.24, 2.45) is 13.0 Å². The molecule has 0 bridgehead atoms. The van der Waals surface area contributed by atoms with Crippen molar-refractivity contribution in [3.05, 3.63) is 60.3 Å². The third-order valence-electron chi connectivity index (χ3n) is 4.50. The van der Waals surface area contributed by atoms with E-state index in [9.17, 15) is 4.39 Å². The van der Waals surface area contributed by atoms with Gasteiger partial charge in [-0.25, -0.2) is 9.37 Å². The predicted octanol–water partition coefficient (Wildman–Crippen LogP) is 3.21. The monoisotopic (exact) mass is 353 g/mol. The highest BCUT2D eigenvalue weighted by Gasteiger charge is 2.25. The molecule has 1 saturated heterocycles. The summed E-state index contributed by atoms with van der Waals surface area (Å²) in [7, 11) is 1.94. The highest BCUT2D eigenvalue weighted by molar-refractivity contribution is 5.35. The molecule has 2 aromatic heterocycles. The van der Waals surface area contributed by atoms with Crippen molar-refractivity contribution < 1.29 is 9.13 Å². The zero-order valence-electron chi connectivity index (χ0n) is 14.5. The Balaban J connectivity index is 1.41. The van der Waals surface area contributed by atoms with Gasteiger partial charge in [-0.05, 0) is 48.6 Å². The summed E-state index contributed by atoms with van der Waals surface area (Å²) in [5, 5.41) is 4.23. The molecule has 1 unspecified atom stereocenters. The van der Waals surface area contributed by atoms with E-state index in [1.54, 1.807) is 24.4 Å². The average Bonchev–Trinajstić information content (AvgIpc) is 3.27. The van der Waals surface area contributed by atoms with Crippen LogP contribution in [0.25, 0.3) is 0 Å². The lowest BCUT2D eigenvalue weighted by Gasteiger charge is -2.16. The Morgan fingerprint density at radius 2 is 2.08 bits per heavy atom. The molecule has 6 nitrogen and oxygen atoms in total. The molecule has 1 atom stereocenters. The summed E-state index contributed by atoms with van der Waals surface area (Å²) in [4.78, 5) is 11.1. The van der Waals surface area contributed by atoms with Crippen molar-refractivity contribution in [1.29, 1.82) is 0 Å². The van der Waals surface area contributed by atoms with Gasteiger partial charge < -0.3 is 9.64 Å². The summed E-state index contributed by atoms with van der Waals surface area (Å²) < 4.78 is 20.5. The van der Waals surface area contributed by atoms with Gasteiger partial charge in [0.25, 0.3) is 0 Å². The van der Waals surface area contributed by atoms with Gasteiger partial charge in [-0.15, -0.1) is 0 Å². The minimum Gasteiger partial charge on any atom is -0.439 e. The molecule has 0 amide bonds. The Hall–Kier alpha value is -2.96. The second kappa shape index (κ2) is 7.11. The van der Waals surface area contributed by atoms with E-state index in [2.05, 4.69) is 26.2 Å². The summed E-state index contributed by atoms with van der Waals surface area (Å²) in [6, 6.07) is 7.59. The summed E-state index contributed by atoms with van der Waals surface area (Å²) >= 11 is 0. The minimum atomic E-state index is -0.294. The number of hydrogen-bond acceptors (Lipinski definition) is 5. The summed E-state index contributed by atoms with van der Waals surface area (Å²) in [5.74, 6) is 1.93. The van der Waals surface area contributed by atoms with Gasteiger partial charge in [-0.3, -0.25) is 4.68 Å². The van der Waals surface area contributed by atoms with Crippen LogP contribution in [0.2, 0.25) is 0 Å². The highest BCUT2D eigenvalue weighted by Crippen LogP contribution is 2.26. The lowest BCUT2D eigenvalue weighted by Crippen LogP contribution is -2.22. The van der Waals surface area contributed by atoms with Gasteiger partial charge >= 0.3 is 0 Å². The summed E-state index contributed by atoms with van der Waals surface area (Å²) in [6.07, 6.45) is 7.79. The van der Waals surface area contributed by atoms with E-state index in [0.29, 0.717) is 23.5 Å². The van der Waals surface area contributed by atoms with Crippen LogP contribution in [0.15, 0.2) is 48.9 Å². The van der Waals surface area contributed by atoms with Crippen LogP contribution >= 0.6 is 0 Å². The van der Waals surface area contributed by atoms with Crippen molar-refractivity contribution in [1.82, 2.24) is 19.7 Å². The molecule has 26 heavy (non-hydrogen) atoms. The van der Waals surface area contributed by atoms with Gasteiger partial charge in [-0.1, -0.05) is 0 Å². The predicted molar refractivity (Wildman–Crippen MR) is 95.7 cm³/mol. The number of aryl methyl sites for hydroxylation is 1. The number of rotatable bonds is 5. The van der Waals surface area contributed by atoms with Crippen molar-refractivity contribution >= 4 is 5.95 Å². The minimum absolute atomic E-state index is 0.294. The number of ether oxygens (including phenoxy) is 1. The van der Waals surface area contributed by atoms with Gasteiger partial charge in [0.2, 0.25) is 11.8 Å². The molecule has 1 aliphatic rings. The van der Waals surface area contributed by atoms with Crippen LogP contribution < -0.4 is 9.64 Å². The molecule has 7 heteroatoms. The number of aromatic nitrogens is 4. The molecule has 3 aromatic rings. The van der Waals surface area contributed by atoms with Crippen molar-refractivity contribution in [3.8, 4) is 11.6 Å². The average molecular weight is 353 g/mol. The quantitative estimate of drug-likeness (QED) is 0.705. The smallest absolute Gasteiger partial charge is 0.228 e. The third-order valence-corrected chi connectivity index (χ3v) is 4.50. The molecule has 0 radical (unpaired) electrons. The fraction of sp³-hybridized carbons (Fsp3) is 0.316. The zero-order chi connectivity index (χ0) is 17.9. The molecule has 4 rings (SSSR count). The van der Waals surface area contributed by atoms with Crippen LogP contribution in [-0.4, -0.2) is 32.8 Å². The molecule has 3 heterocycles. The largest absolute Gasteiger partial charge is 0.439 e. The van der Waals surface area contributed by atoms with Crippen molar-refractivity contribution in [2.45, 2.75) is 12.8 Å². The van der Waals surface area contributed by atoms with Gasteiger partial charge in [-0.2, -0.15) is 10.1 Å². The number of benzene rings is 1. The zero-order valence-corrected chi connectivity index (χ0v) is 14.5. The molecule has 0 N–H and O–H groups in total. The first-order valence-corrected chi connectivity index (χ1v) is 8.64. The van der Waals surface area contributed by atoms with Crippen molar-refractivity contribution in [3.63, 3.8) is 0 Å². The van der Waals surface area contributed by atoms with Crippen LogP contribution in [0.3, 0.4) is 0 Å². The second-order valence-corrected chi connectivity index (χ2v) is 6.58. The first kappa shape index (κ1) is 16.5. The van der Waals surface area contributed by atoms with E-state index < -0.39 is 0 Å². The van der Waals surface area contributed by atoms with E-state index >= 15 is 0 Å². The van der Waals surface area contributed by atoms with Crippen molar-refractivity contribution in [2.75, 3.05) is 18.0 Å². The molecule has 1 aliphatic heterocycles. The molecule has 0 spiro atoms. The first-order chi connectivity index (χ1) is 12.7. The number of halogens is 1. The van der Waals surface area contributed by atoms with Gasteiger partial charge in [0.05, 0.1) is 6.20 Å². The number of hydrogen-bond donors (Lipinski definition) is 0. The lowest BCUT2D eigenvalue weighted by atomic mass is 10.0. The molecule has 134 valence electrons. The highest BCUT2D eigenvalue weighted by atomic mass is 19.1. The Morgan fingerprint density at radius 1 is 1.23 bits per heavy atom. The normalized spacial score (nSPS) is 16.8. The lowest BCUT2D eigenvalue weighted by molar-refractivity contribution is 0.459. The molecule has 1 aromatic carbocycles. The molecular formula is C19H20FN5O. The first-order valence-electron chi connectivity index (χ1n) is 8.64. The van der Waals surface area contributed by atoms with Crippen LogP contribution in [-0.2, 0) is 13.5 Å². The molecular weight excluding hydrogens is 333 g/mol. The standard InChI is InChI=1S/C19H20FN5O/c1-24-12-15(11-22-24)10-14-7-9-25(13-14)19-21-8-6-18(23-19)26-17-4-2-16(20)3-5-17/h2-6,8,11-12,14H,7,9-10,13H2,1H3. The third kappa shape index (κ3) is 3.82. The number of anilines is 1. The fourth-order valence-electron chi connectivity index (χ4n) is 3.26. The SMILES string of the molecule is Cn1cc(CC2CCN(c3nccc(Oc4ccc(F)cc4)n3)C2)cn1. The fourth-order valence-corrected chi connectivity index (χ4v) is 3.26. The second-order valence-electron chi connectivity index (χ2n) is 6.58. The maximum Gasteiger partial charge on any atom is 0.228 e. The maximum absolute atomic E-state index is 13.0. The van der Waals surface area contributed by atoms with Gasteiger partial charge in [0.15, 0.2) is 0 Å². The molecule has 1 fully saturated rings. The Labute approximate surface area is 151 Å². The Bertz CT molecular complexity index is 880. The van der Waals surface area contributed by atoms with E-state index in [1.807, 2.05) is 17.9 Å². The summed E-state index contributed by atoms with van der Waals surface area (Å²) in [6.45, 7) is 1.83. The van der Waals surface area contributed by atoms with E-state index in [0.717, 1.165) is 25.9 Å². The van der Waals surface area contributed by atoms with E-state index in [1.165, 1.54) is 17.7 Å². The van der Waals surface area contributed by atoms with Crippen LogP contribution in [0, 0.1) is 11.7 Å². The molecule has 0 aliphatic carbocycles. The Morgan fingerprint density at radius 3 is 2.85 bits per heavy atom. The van der Waals surface area contributed by atoms with Gasteiger partial charge in [0, 0.05) is 38.6 Å². The van der Waals surface area contributed by atoms with Crippen LogP contribution in [0.4, 0.5) is 10.3 Å². The van der Waals surface area contributed by atoms with Crippen LogP contribution in [0.1, 0.15) is 12.0 Å². The molecule has 0 saturated carbocycles. The number of nitrogens with zero attached hydrogens (tertiary/aromatic N) is 5. The topological polar surface area (TPSA) is 56.1 Å². The Kier molecular flexibility index (Phi) is 4.51. The van der Waals surface area contributed by atoms with E-state index in [-0.39, 0.29) is 5.82 Å². The van der Waals surface area contributed by atoms with E-state index in [4.69, 9.17) is 4.74 Å². The van der Waals surface area contributed by atoms with Gasteiger partial charge in [0.1, 0.15) is 11.6 Å². The van der Waals surface area contributed by atoms with Crippen LogP contribution in [0.5, 0.6) is 11.6 Å². The summed E-state index contributed by atoms with van der Waals surface area (Å²) in [5.41, 5.74) is 1.26.